The molecule has 3 rings (SSSR count). The lowest BCUT2D eigenvalue weighted by atomic mass is 10.0. The van der Waals surface area contributed by atoms with Gasteiger partial charge in [0.2, 0.25) is 0 Å². The van der Waals surface area contributed by atoms with Crippen LogP contribution in [0.15, 0.2) is 30.3 Å². The molecule has 2 amide bonds. The van der Waals surface area contributed by atoms with E-state index in [1.807, 2.05) is 11.0 Å². The minimum absolute atomic E-state index is 0.0503. The molecule has 0 spiro atoms. The van der Waals surface area contributed by atoms with E-state index in [2.05, 4.69) is 53.4 Å². The van der Waals surface area contributed by atoms with E-state index < -0.39 is 0 Å². The molecule has 2 fully saturated rings. The number of hydrogen-bond donors (Lipinski definition) is 1. The summed E-state index contributed by atoms with van der Waals surface area (Å²) < 4.78 is 0. The number of nitrogens with zero attached hydrogens (tertiary/aromatic N) is 3. The zero-order valence-corrected chi connectivity index (χ0v) is 15.7. The van der Waals surface area contributed by atoms with Crippen molar-refractivity contribution in [3.63, 3.8) is 0 Å². The minimum atomic E-state index is 0.0503. The Bertz CT molecular complexity index is 542. The van der Waals surface area contributed by atoms with Crippen molar-refractivity contribution in [2.24, 2.45) is 5.92 Å². The highest BCUT2D eigenvalue weighted by molar-refractivity contribution is 5.74. The molecule has 2 aliphatic rings. The number of hydrogen-bond acceptors (Lipinski definition) is 3. The van der Waals surface area contributed by atoms with Crippen LogP contribution in [-0.2, 0) is 0 Å². The molecule has 0 bridgehead atoms. The van der Waals surface area contributed by atoms with Gasteiger partial charge in [-0.2, -0.15) is 0 Å². The van der Waals surface area contributed by atoms with Gasteiger partial charge in [0.1, 0.15) is 0 Å². The van der Waals surface area contributed by atoms with Gasteiger partial charge in [0.15, 0.2) is 0 Å². The second-order valence-electron chi connectivity index (χ2n) is 7.71. The molecule has 0 aromatic heterocycles. The van der Waals surface area contributed by atoms with Gasteiger partial charge in [0.05, 0.1) is 6.04 Å². The summed E-state index contributed by atoms with van der Waals surface area (Å²) in [6.45, 7) is 9.20. The van der Waals surface area contributed by atoms with Crippen LogP contribution in [0.3, 0.4) is 0 Å². The van der Waals surface area contributed by atoms with E-state index in [1.54, 1.807) is 0 Å². The number of amides is 2. The zero-order valence-electron chi connectivity index (χ0n) is 15.7. The molecule has 2 atom stereocenters. The van der Waals surface area contributed by atoms with Crippen LogP contribution in [-0.4, -0.2) is 73.6 Å². The number of carbonyl (C=O) groups excluding carboxylic acids is 1. The molecule has 2 unspecified atom stereocenters. The Morgan fingerprint density at radius 2 is 1.88 bits per heavy atom. The first kappa shape index (κ1) is 18.2. The van der Waals surface area contributed by atoms with E-state index in [9.17, 15) is 4.79 Å². The molecule has 2 saturated heterocycles. The largest absolute Gasteiger partial charge is 0.330 e. The maximum absolute atomic E-state index is 12.8. The summed E-state index contributed by atoms with van der Waals surface area (Å²) in [4.78, 5) is 19.6. The van der Waals surface area contributed by atoms with Crippen LogP contribution in [0, 0.1) is 5.92 Å². The van der Waals surface area contributed by atoms with Crippen LogP contribution in [0.5, 0.6) is 0 Å². The number of likely N-dealkylation sites (tertiary alicyclic amines) is 1. The van der Waals surface area contributed by atoms with Gasteiger partial charge in [-0.3, -0.25) is 4.90 Å². The highest BCUT2D eigenvalue weighted by Crippen LogP contribution is 2.19. The monoisotopic (exact) mass is 344 g/mol. The third kappa shape index (κ3) is 5.19. The van der Waals surface area contributed by atoms with Crippen molar-refractivity contribution in [3.8, 4) is 0 Å². The average Bonchev–Trinajstić information content (AvgIpc) is 2.63. The van der Waals surface area contributed by atoms with Crippen LogP contribution in [0.4, 0.5) is 4.79 Å². The molecular formula is C20H32N4O. The summed E-state index contributed by atoms with van der Waals surface area (Å²) >= 11 is 0. The maximum atomic E-state index is 12.8. The van der Waals surface area contributed by atoms with Gasteiger partial charge in [-0.1, -0.05) is 37.3 Å². The molecule has 1 aromatic carbocycles. The number of piperazine rings is 1. The summed E-state index contributed by atoms with van der Waals surface area (Å²) in [5.41, 5.74) is 1.19. The molecule has 5 nitrogen and oxygen atoms in total. The summed E-state index contributed by atoms with van der Waals surface area (Å²) in [5, 5.41) is 3.31. The summed E-state index contributed by atoms with van der Waals surface area (Å²) in [7, 11) is 2.17. The van der Waals surface area contributed by atoms with Crippen molar-refractivity contribution in [1.82, 2.24) is 20.0 Å². The SMILES string of the molecule is CC1CCCN(C(=O)NC(CN2CCN(C)CC2)c2ccccc2)C1. The number of nitrogens with one attached hydrogen (secondary N) is 1. The first-order valence-electron chi connectivity index (χ1n) is 9.63. The Morgan fingerprint density at radius 3 is 2.56 bits per heavy atom. The van der Waals surface area contributed by atoms with Crippen molar-refractivity contribution in [2.75, 3.05) is 52.9 Å². The molecule has 0 aliphatic carbocycles. The predicted molar refractivity (Wildman–Crippen MR) is 102 cm³/mol. The molecule has 1 aromatic rings. The minimum Gasteiger partial charge on any atom is -0.330 e. The summed E-state index contributed by atoms with van der Waals surface area (Å²) in [6, 6.07) is 10.5. The van der Waals surface area contributed by atoms with Gasteiger partial charge in [-0.05, 0) is 31.4 Å². The Morgan fingerprint density at radius 1 is 1.16 bits per heavy atom. The molecule has 0 saturated carbocycles. The van der Waals surface area contributed by atoms with Crippen molar-refractivity contribution in [1.29, 1.82) is 0 Å². The summed E-state index contributed by atoms with van der Waals surface area (Å²) in [6.07, 6.45) is 2.34. The van der Waals surface area contributed by atoms with E-state index in [-0.39, 0.29) is 12.1 Å². The van der Waals surface area contributed by atoms with E-state index in [0.29, 0.717) is 5.92 Å². The molecule has 25 heavy (non-hydrogen) atoms. The Balaban J connectivity index is 1.65. The van der Waals surface area contributed by atoms with Crippen molar-refractivity contribution >= 4 is 6.03 Å². The summed E-state index contributed by atoms with van der Waals surface area (Å²) in [5.74, 6) is 0.604. The third-order valence-corrected chi connectivity index (χ3v) is 5.48. The first-order chi connectivity index (χ1) is 12.1. The number of piperidine rings is 1. The van der Waals surface area contributed by atoms with Crippen LogP contribution in [0.25, 0.3) is 0 Å². The molecule has 5 heteroatoms. The van der Waals surface area contributed by atoms with E-state index in [1.165, 1.54) is 12.0 Å². The third-order valence-electron chi connectivity index (χ3n) is 5.48. The fourth-order valence-corrected chi connectivity index (χ4v) is 3.82. The second-order valence-corrected chi connectivity index (χ2v) is 7.71. The number of likely N-dealkylation sites (N-methyl/N-ethyl adjacent to an activating group) is 1. The number of rotatable bonds is 4. The van der Waals surface area contributed by atoms with Gasteiger partial charge in [-0.15, -0.1) is 0 Å². The van der Waals surface area contributed by atoms with E-state index >= 15 is 0 Å². The quantitative estimate of drug-likeness (QED) is 0.912. The van der Waals surface area contributed by atoms with Crippen molar-refractivity contribution in [2.45, 2.75) is 25.8 Å². The molecule has 1 N–H and O–H groups in total. The van der Waals surface area contributed by atoms with Crippen molar-refractivity contribution < 1.29 is 4.79 Å². The normalized spacial score (nSPS) is 24.1. The van der Waals surface area contributed by atoms with Gasteiger partial charge in [0.25, 0.3) is 0 Å². The zero-order chi connectivity index (χ0) is 17.6. The molecule has 138 valence electrons. The Labute approximate surface area is 152 Å². The van der Waals surface area contributed by atoms with E-state index in [4.69, 9.17) is 0 Å². The Hall–Kier alpha value is -1.59. The standard InChI is InChI=1S/C20H32N4O/c1-17-7-6-10-24(15-17)20(25)21-19(18-8-4-3-5-9-18)16-23-13-11-22(2)12-14-23/h3-5,8-9,17,19H,6-7,10-16H2,1-2H3,(H,21,25). The van der Waals surface area contributed by atoms with Crippen LogP contribution >= 0.6 is 0 Å². The van der Waals surface area contributed by atoms with Crippen LogP contribution in [0.1, 0.15) is 31.4 Å². The molecular weight excluding hydrogens is 312 g/mol. The van der Waals surface area contributed by atoms with E-state index in [0.717, 1.165) is 52.2 Å². The van der Waals surface area contributed by atoms with Gasteiger partial charge >= 0.3 is 6.03 Å². The first-order valence-corrected chi connectivity index (χ1v) is 9.63. The Kier molecular flexibility index (Phi) is 6.32. The van der Waals surface area contributed by atoms with Crippen LogP contribution in [0.2, 0.25) is 0 Å². The lowest BCUT2D eigenvalue weighted by Gasteiger charge is -2.36. The number of urea groups is 1. The topological polar surface area (TPSA) is 38.8 Å². The van der Waals surface area contributed by atoms with Gasteiger partial charge in [-0.25, -0.2) is 4.79 Å². The predicted octanol–water partition coefficient (Wildman–Crippen LogP) is 2.42. The lowest BCUT2D eigenvalue weighted by molar-refractivity contribution is 0.135. The average molecular weight is 345 g/mol. The number of benzene rings is 1. The van der Waals surface area contributed by atoms with Gasteiger partial charge in [0, 0.05) is 45.8 Å². The molecule has 2 heterocycles. The smallest absolute Gasteiger partial charge is 0.317 e. The van der Waals surface area contributed by atoms with Crippen molar-refractivity contribution in [3.05, 3.63) is 35.9 Å². The second kappa shape index (κ2) is 8.68. The fourth-order valence-electron chi connectivity index (χ4n) is 3.82. The van der Waals surface area contributed by atoms with Crippen LogP contribution < -0.4 is 5.32 Å². The molecule has 0 radical (unpaired) electrons. The lowest BCUT2D eigenvalue weighted by Crippen LogP contribution is -2.50. The maximum Gasteiger partial charge on any atom is 0.317 e. The van der Waals surface area contributed by atoms with Gasteiger partial charge < -0.3 is 15.1 Å². The number of carbonyl (C=O) groups is 1. The highest BCUT2D eigenvalue weighted by atomic mass is 16.2. The highest BCUT2D eigenvalue weighted by Gasteiger charge is 2.25. The molecule has 2 aliphatic heterocycles. The fraction of sp³-hybridized carbons (Fsp3) is 0.650.